The molecule has 1 heterocycles. The van der Waals surface area contributed by atoms with Gasteiger partial charge >= 0.3 is 0 Å². The molecule has 0 radical (unpaired) electrons. The number of benzene rings is 2. The molecule has 0 spiro atoms. The standard InChI is InChI=1S/C22H27N3/c1-22(2)10-8-19(9-11-22)23-14-16-4-3-5-17(12-16)18-6-7-20-21(13-18)25-15-24-20/h3-7,12-13,15,19,23H,8-11,14H2,1-2H3,(H,24,25). The van der Waals surface area contributed by atoms with Gasteiger partial charge in [0.15, 0.2) is 0 Å². The first kappa shape index (κ1) is 16.3. The van der Waals surface area contributed by atoms with Gasteiger partial charge in [0.25, 0.3) is 0 Å². The highest BCUT2D eigenvalue weighted by Crippen LogP contribution is 2.35. The van der Waals surface area contributed by atoms with Gasteiger partial charge in [-0.05, 0) is 66.0 Å². The Bertz CT molecular complexity index is 852. The van der Waals surface area contributed by atoms with E-state index in [2.05, 4.69) is 71.6 Å². The van der Waals surface area contributed by atoms with Crippen LogP contribution in [0.3, 0.4) is 0 Å². The van der Waals surface area contributed by atoms with E-state index >= 15 is 0 Å². The monoisotopic (exact) mass is 333 g/mol. The first-order valence-electron chi connectivity index (χ1n) is 9.35. The maximum atomic E-state index is 4.30. The van der Waals surface area contributed by atoms with E-state index in [0.717, 1.165) is 17.6 Å². The van der Waals surface area contributed by atoms with Gasteiger partial charge in [-0.3, -0.25) is 0 Å². The fraction of sp³-hybridized carbons (Fsp3) is 0.409. The lowest BCUT2D eigenvalue weighted by Crippen LogP contribution is -2.35. The average Bonchev–Trinajstić information content (AvgIpc) is 3.09. The largest absolute Gasteiger partial charge is 0.345 e. The third kappa shape index (κ3) is 3.77. The Morgan fingerprint density at radius 1 is 1.08 bits per heavy atom. The number of aromatic nitrogens is 2. The van der Waals surface area contributed by atoms with Crippen molar-refractivity contribution in [2.75, 3.05) is 0 Å². The summed E-state index contributed by atoms with van der Waals surface area (Å²) in [5.74, 6) is 0. The minimum absolute atomic E-state index is 0.531. The van der Waals surface area contributed by atoms with Crippen molar-refractivity contribution in [1.82, 2.24) is 15.3 Å². The van der Waals surface area contributed by atoms with Gasteiger partial charge in [0.1, 0.15) is 0 Å². The number of fused-ring (bicyclic) bond motifs is 1. The van der Waals surface area contributed by atoms with Gasteiger partial charge in [-0.15, -0.1) is 0 Å². The van der Waals surface area contributed by atoms with E-state index in [9.17, 15) is 0 Å². The summed E-state index contributed by atoms with van der Waals surface area (Å²) in [5, 5.41) is 3.76. The summed E-state index contributed by atoms with van der Waals surface area (Å²) in [6.45, 7) is 5.73. The van der Waals surface area contributed by atoms with Gasteiger partial charge in [0.05, 0.1) is 17.4 Å². The summed E-state index contributed by atoms with van der Waals surface area (Å²) in [4.78, 5) is 7.49. The van der Waals surface area contributed by atoms with E-state index in [1.807, 2.05) is 0 Å². The van der Waals surface area contributed by atoms with Gasteiger partial charge in [0.2, 0.25) is 0 Å². The molecule has 2 aromatic carbocycles. The number of nitrogens with one attached hydrogen (secondary N) is 2. The quantitative estimate of drug-likeness (QED) is 0.681. The Hall–Kier alpha value is -2.13. The predicted octanol–water partition coefficient (Wildman–Crippen LogP) is 5.29. The fourth-order valence-corrected chi connectivity index (χ4v) is 3.84. The van der Waals surface area contributed by atoms with Crippen LogP contribution < -0.4 is 5.32 Å². The molecular weight excluding hydrogens is 306 g/mol. The molecule has 1 aliphatic rings. The fourth-order valence-electron chi connectivity index (χ4n) is 3.84. The zero-order chi connectivity index (χ0) is 17.3. The second kappa shape index (κ2) is 6.64. The Morgan fingerprint density at radius 3 is 2.72 bits per heavy atom. The van der Waals surface area contributed by atoms with Crippen LogP contribution in [-0.2, 0) is 6.54 Å². The van der Waals surface area contributed by atoms with E-state index in [0.29, 0.717) is 11.5 Å². The van der Waals surface area contributed by atoms with E-state index in [1.54, 1.807) is 6.33 Å². The van der Waals surface area contributed by atoms with Crippen molar-refractivity contribution in [3.8, 4) is 11.1 Å². The Morgan fingerprint density at radius 2 is 1.88 bits per heavy atom. The maximum Gasteiger partial charge on any atom is 0.0931 e. The lowest BCUT2D eigenvalue weighted by Gasteiger charge is -2.34. The lowest BCUT2D eigenvalue weighted by molar-refractivity contribution is 0.206. The van der Waals surface area contributed by atoms with Gasteiger partial charge in [-0.25, -0.2) is 4.98 Å². The topological polar surface area (TPSA) is 40.7 Å². The summed E-state index contributed by atoms with van der Waals surface area (Å²) >= 11 is 0. The molecule has 0 saturated heterocycles. The summed E-state index contributed by atoms with van der Waals surface area (Å²) in [6, 6.07) is 15.9. The maximum absolute atomic E-state index is 4.30. The lowest BCUT2D eigenvalue weighted by atomic mass is 9.75. The summed E-state index contributed by atoms with van der Waals surface area (Å²) in [7, 11) is 0. The number of nitrogens with zero attached hydrogens (tertiary/aromatic N) is 1. The van der Waals surface area contributed by atoms with E-state index in [-0.39, 0.29) is 0 Å². The molecule has 1 aliphatic carbocycles. The molecular formula is C22H27N3. The van der Waals surface area contributed by atoms with Crippen LogP contribution in [0.2, 0.25) is 0 Å². The van der Waals surface area contributed by atoms with Gasteiger partial charge < -0.3 is 10.3 Å². The van der Waals surface area contributed by atoms with Crippen molar-refractivity contribution in [3.63, 3.8) is 0 Å². The number of aromatic amines is 1. The van der Waals surface area contributed by atoms with Crippen LogP contribution in [0.5, 0.6) is 0 Å². The molecule has 0 unspecified atom stereocenters. The Labute approximate surface area is 149 Å². The number of hydrogen-bond donors (Lipinski definition) is 2. The second-order valence-electron chi connectivity index (χ2n) is 8.15. The van der Waals surface area contributed by atoms with Gasteiger partial charge in [-0.2, -0.15) is 0 Å². The minimum atomic E-state index is 0.531. The third-order valence-corrected chi connectivity index (χ3v) is 5.61. The van der Waals surface area contributed by atoms with Gasteiger partial charge in [0, 0.05) is 12.6 Å². The van der Waals surface area contributed by atoms with Crippen molar-refractivity contribution >= 4 is 11.0 Å². The molecule has 0 atom stereocenters. The highest BCUT2D eigenvalue weighted by molar-refractivity contribution is 5.81. The number of H-pyrrole nitrogens is 1. The first-order valence-corrected chi connectivity index (χ1v) is 9.35. The van der Waals surface area contributed by atoms with Crippen LogP contribution in [-0.4, -0.2) is 16.0 Å². The van der Waals surface area contributed by atoms with E-state index < -0.39 is 0 Å². The molecule has 3 aromatic rings. The van der Waals surface area contributed by atoms with Crippen LogP contribution in [0.1, 0.15) is 45.1 Å². The van der Waals surface area contributed by atoms with E-state index in [1.165, 1.54) is 42.4 Å². The van der Waals surface area contributed by atoms with Crippen LogP contribution >= 0.6 is 0 Å². The molecule has 3 heteroatoms. The van der Waals surface area contributed by atoms with Crippen LogP contribution in [0.4, 0.5) is 0 Å². The highest BCUT2D eigenvalue weighted by atomic mass is 14.9. The normalized spacial score (nSPS) is 17.8. The second-order valence-corrected chi connectivity index (χ2v) is 8.15. The molecule has 0 bridgehead atoms. The SMILES string of the molecule is CC1(C)CCC(NCc2cccc(-c3ccc4nc[nH]c4c3)c2)CC1. The molecule has 2 N–H and O–H groups in total. The molecule has 4 rings (SSSR count). The van der Waals surface area contributed by atoms with Crippen molar-refractivity contribution in [2.45, 2.75) is 52.1 Å². The Balaban J connectivity index is 1.44. The predicted molar refractivity (Wildman–Crippen MR) is 104 cm³/mol. The van der Waals surface area contributed by atoms with Crippen molar-refractivity contribution in [1.29, 1.82) is 0 Å². The summed E-state index contributed by atoms with van der Waals surface area (Å²) < 4.78 is 0. The van der Waals surface area contributed by atoms with Crippen LogP contribution in [0.25, 0.3) is 22.2 Å². The molecule has 3 nitrogen and oxygen atoms in total. The van der Waals surface area contributed by atoms with Crippen molar-refractivity contribution in [2.24, 2.45) is 5.41 Å². The zero-order valence-electron chi connectivity index (χ0n) is 15.2. The number of imidazole rings is 1. The Kier molecular flexibility index (Phi) is 4.34. The summed E-state index contributed by atoms with van der Waals surface area (Å²) in [5.41, 5.74) is 6.49. The first-order chi connectivity index (χ1) is 12.1. The molecule has 130 valence electrons. The zero-order valence-corrected chi connectivity index (χ0v) is 15.2. The van der Waals surface area contributed by atoms with Crippen molar-refractivity contribution < 1.29 is 0 Å². The minimum Gasteiger partial charge on any atom is -0.345 e. The number of hydrogen-bond acceptors (Lipinski definition) is 2. The summed E-state index contributed by atoms with van der Waals surface area (Å²) in [6.07, 6.45) is 7.00. The van der Waals surface area contributed by atoms with E-state index in [4.69, 9.17) is 0 Å². The smallest absolute Gasteiger partial charge is 0.0931 e. The molecule has 25 heavy (non-hydrogen) atoms. The van der Waals surface area contributed by atoms with Crippen LogP contribution in [0.15, 0.2) is 48.8 Å². The highest BCUT2D eigenvalue weighted by Gasteiger charge is 2.26. The van der Waals surface area contributed by atoms with Crippen LogP contribution in [0, 0.1) is 5.41 Å². The molecule has 1 fully saturated rings. The molecule has 0 aliphatic heterocycles. The molecule has 1 aromatic heterocycles. The third-order valence-electron chi connectivity index (χ3n) is 5.61. The number of rotatable bonds is 4. The van der Waals surface area contributed by atoms with Crippen molar-refractivity contribution in [3.05, 3.63) is 54.4 Å². The molecule has 0 amide bonds. The van der Waals surface area contributed by atoms with Gasteiger partial charge in [-0.1, -0.05) is 38.1 Å². The average molecular weight is 333 g/mol. The molecule has 1 saturated carbocycles.